The molecule has 2 heterocycles. The molecule has 1 amide bonds. The Morgan fingerprint density at radius 1 is 1.30 bits per heavy atom. The van der Waals surface area contributed by atoms with E-state index < -0.39 is 0 Å². The first-order valence-corrected chi connectivity index (χ1v) is 8.12. The van der Waals surface area contributed by atoms with Crippen LogP contribution in [0.5, 0.6) is 0 Å². The quantitative estimate of drug-likeness (QED) is 0.796. The Morgan fingerprint density at radius 3 is 2.74 bits per heavy atom. The van der Waals surface area contributed by atoms with E-state index in [0.29, 0.717) is 27.7 Å². The Bertz CT molecular complexity index is 863. The molecule has 116 valence electrons. The van der Waals surface area contributed by atoms with Gasteiger partial charge in [-0.2, -0.15) is 0 Å². The summed E-state index contributed by atoms with van der Waals surface area (Å²) in [6.07, 6.45) is 5.31. The van der Waals surface area contributed by atoms with Crippen molar-refractivity contribution in [2.45, 2.75) is 25.7 Å². The molecule has 0 bridgehead atoms. The summed E-state index contributed by atoms with van der Waals surface area (Å²) in [5, 5.41) is 3.15. The second-order valence-corrected chi connectivity index (χ2v) is 6.68. The molecule has 5 nitrogen and oxygen atoms in total. The lowest BCUT2D eigenvalue weighted by atomic mass is 10.2. The highest BCUT2D eigenvalue weighted by molar-refractivity contribution is 7.22. The molecule has 1 saturated carbocycles. The van der Waals surface area contributed by atoms with Gasteiger partial charge in [-0.15, -0.1) is 0 Å². The number of nitrogens with one attached hydrogen (secondary N) is 1. The number of aryl methyl sites for hydroxylation is 1. The number of hydrogen-bond acceptors (Lipinski definition) is 5. The molecule has 1 N–H and O–H groups in total. The van der Waals surface area contributed by atoms with Gasteiger partial charge in [0.05, 0.1) is 15.8 Å². The predicted octanol–water partition coefficient (Wildman–Crippen LogP) is 3.66. The highest BCUT2D eigenvalue weighted by Gasteiger charge is 2.26. The number of benzene rings is 1. The van der Waals surface area contributed by atoms with Crippen LogP contribution < -0.4 is 5.32 Å². The van der Waals surface area contributed by atoms with Crippen LogP contribution >= 0.6 is 11.3 Å². The Kier molecular flexibility index (Phi) is 3.30. The van der Waals surface area contributed by atoms with Gasteiger partial charge >= 0.3 is 0 Å². The van der Waals surface area contributed by atoms with E-state index in [0.717, 1.165) is 23.4 Å². The third kappa shape index (κ3) is 2.79. The minimum absolute atomic E-state index is 0.301. The third-order valence-electron chi connectivity index (χ3n) is 3.77. The number of rotatable bonds is 3. The number of halogens is 1. The maximum atomic E-state index is 13.6. The molecule has 0 unspecified atom stereocenters. The second-order valence-electron chi connectivity index (χ2n) is 5.65. The summed E-state index contributed by atoms with van der Waals surface area (Å²) in [5.74, 6) is 0.635. The van der Waals surface area contributed by atoms with Crippen LogP contribution in [0.25, 0.3) is 10.2 Å². The van der Waals surface area contributed by atoms with Gasteiger partial charge < -0.3 is 0 Å². The van der Waals surface area contributed by atoms with Crippen molar-refractivity contribution in [2.75, 3.05) is 5.32 Å². The molecule has 4 rings (SSSR count). The van der Waals surface area contributed by atoms with Gasteiger partial charge in [-0.1, -0.05) is 11.3 Å². The Morgan fingerprint density at radius 2 is 2.04 bits per heavy atom. The summed E-state index contributed by atoms with van der Waals surface area (Å²) in [7, 11) is 0. The zero-order chi connectivity index (χ0) is 16.0. The smallest absolute Gasteiger partial charge is 0.260 e. The number of thiazole rings is 1. The van der Waals surface area contributed by atoms with Crippen LogP contribution in [0.2, 0.25) is 0 Å². The van der Waals surface area contributed by atoms with Crippen molar-refractivity contribution in [1.29, 1.82) is 0 Å². The number of carbonyl (C=O) groups is 1. The number of amides is 1. The van der Waals surface area contributed by atoms with Gasteiger partial charge in [0.25, 0.3) is 5.91 Å². The zero-order valence-corrected chi connectivity index (χ0v) is 13.2. The molecule has 0 radical (unpaired) electrons. The molecule has 0 aliphatic heterocycles. The average molecular weight is 328 g/mol. The highest BCUT2D eigenvalue weighted by Crippen LogP contribution is 2.37. The molecular formula is C16H13FN4OS. The maximum absolute atomic E-state index is 13.6. The lowest BCUT2D eigenvalue weighted by molar-refractivity contribution is 0.102. The molecule has 2 aromatic heterocycles. The minimum atomic E-state index is -0.316. The lowest BCUT2D eigenvalue weighted by Crippen LogP contribution is -2.12. The first-order chi connectivity index (χ1) is 11.1. The van der Waals surface area contributed by atoms with Crippen LogP contribution in [0.3, 0.4) is 0 Å². The van der Waals surface area contributed by atoms with Crippen molar-refractivity contribution in [3.8, 4) is 0 Å². The van der Waals surface area contributed by atoms with Crippen LogP contribution in [0.1, 0.15) is 40.5 Å². The largest absolute Gasteiger partial charge is 0.298 e. The minimum Gasteiger partial charge on any atom is -0.298 e. The van der Waals surface area contributed by atoms with Gasteiger partial charge in [-0.3, -0.25) is 10.1 Å². The number of carbonyl (C=O) groups excluding carboxylic acids is 1. The van der Waals surface area contributed by atoms with Gasteiger partial charge in [0, 0.05) is 24.4 Å². The number of hydrogen-bond donors (Lipinski definition) is 1. The summed E-state index contributed by atoms with van der Waals surface area (Å²) in [6, 6.07) is 3.11. The van der Waals surface area contributed by atoms with E-state index in [2.05, 4.69) is 20.3 Å². The molecule has 0 saturated heterocycles. The summed E-state index contributed by atoms with van der Waals surface area (Å²) in [5.41, 5.74) is 1.48. The van der Waals surface area contributed by atoms with Crippen molar-refractivity contribution >= 4 is 32.6 Å². The molecule has 1 aliphatic carbocycles. The number of anilines is 1. The average Bonchev–Trinajstić information content (AvgIpc) is 3.31. The van der Waals surface area contributed by atoms with E-state index in [1.807, 2.05) is 0 Å². The van der Waals surface area contributed by atoms with Gasteiger partial charge in [-0.25, -0.2) is 19.3 Å². The summed E-state index contributed by atoms with van der Waals surface area (Å²) in [6.45, 7) is 1.70. The van der Waals surface area contributed by atoms with Crippen LogP contribution in [0.4, 0.5) is 9.52 Å². The standard InChI is InChI=1S/C16H13FN4OS/c1-8-4-13-12(5-11(8)17)20-16(23-13)21-15(22)10-6-18-14(19-7-10)9-2-3-9/h4-7,9H,2-3H2,1H3,(H,20,21,22). The van der Waals surface area contributed by atoms with Gasteiger partial charge in [-0.05, 0) is 31.4 Å². The topological polar surface area (TPSA) is 67.8 Å². The Labute approximate surface area is 135 Å². The summed E-state index contributed by atoms with van der Waals surface area (Å²) in [4.78, 5) is 24.9. The number of aromatic nitrogens is 3. The monoisotopic (exact) mass is 328 g/mol. The maximum Gasteiger partial charge on any atom is 0.260 e. The van der Waals surface area contributed by atoms with E-state index in [9.17, 15) is 9.18 Å². The van der Waals surface area contributed by atoms with Gasteiger partial charge in [0.15, 0.2) is 5.13 Å². The van der Waals surface area contributed by atoms with Crippen molar-refractivity contribution in [1.82, 2.24) is 15.0 Å². The Balaban J connectivity index is 1.55. The SMILES string of the molecule is Cc1cc2sc(NC(=O)c3cnc(C4CC4)nc3)nc2cc1F. The molecule has 23 heavy (non-hydrogen) atoms. The highest BCUT2D eigenvalue weighted by atomic mass is 32.1. The van der Waals surface area contributed by atoms with Crippen molar-refractivity contribution in [3.63, 3.8) is 0 Å². The van der Waals surface area contributed by atoms with E-state index in [1.54, 1.807) is 13.0 Å². The second kappa shape index (κ2) is 5.34. The first-order valence-electron chi connectivity index (χ1n) is 7.30. The van der Waals surface area contributed by atoms with Gasteiger partial charge in [0.2, 0.25) is 0 Å². The fourth-order valence-corrected chi connectivity index (χ4v) is 3.22. The normalized spacial score (nSPS) is 14.2. The van der Waals surface area contributed by atoms with Crippen LogP contribution in [0, 0.1) is 12.7 Å². The van der Waals surface area contributed by atoms with Crippen LogP contribution in [0.15, 0.2) is 24.5 Å². The molecule has 3 aromatic rings. The first kappa shape index (κ1) is 14.2. The van der Waals surface area contributed by atoms with E-state index in [1.165, 1.54) is 29.8 Å². The third-order valence-corrected chi connectivity index (χ3v) is 4.70. The lowest BCUT2D eigenvalue weighted by Gasteiger charge is -2.01. The van der Waals surface area contributed by atoms with Crippen LogP contribution in [-0.4, -0.2) is 20.9 Å². The van der Waals surface area contributed by atoms with E-state index in [-0.39, 0.29) is 11.7 Å². The molecule has 0 spiro atoms. The predicted molar refractivity (Wildman–Crippen MR) is 86.3 cm³/mol. The van der Waals surface area contributed by atoms with Crippen LogP contribution in [-0.2, 0) is 0 Å². The summed E-state index contributed by atoms with van der Waals surface area (Å²) >= 11 is 1.31. The van der Waals surface area contributed by atoms with Crippen molar-refractivity contribution < 1.29 is 9.18 Å². The Hall–Kier alpha value is -2.41. The number of fused-ring (bicyclic) bond motifs is 1. The fraction of sp³-hybridized carbons (Fsp3) is 0.250. The molecule has 0 atom stereocenters. The van der Waals surface area contributed by atoms with E-state index >= 15 is 0 Å². The van der Waals surface area contributed by atoms with Crippen molar-refractivity contribution in [3.05, 3.63) is 47.3 Å². The molecule has 7 heteroatoms. The van der Waals surface area contributed by atoms with E-state index in [4.69, 9.17) is 0 Å². The van der Waals surface area contributed by atoms with Gasteiger partial charge in [0.1, 0.15) is 11.6 Å². The van der Waals surface area contributed by atoms with Crippen molar-refractivity contribution in [2.24, 2.45) is 0 Å². The zero-order valence-electron chi connectivity index (χ0n) is 12.3. The molecule has 1 aromatic carbocycles. The fourth-order valence-electron chi connectivity index (χ4n) is 2.28. The summed E-state index contributed by atoms with van der Waals surface area (Å²) < 4.78 is 14.4. The molecule has 1 fully saturated rings. The molecular weight excluding hydrogens is 315 g/mol. The number of nitrogens with zero attached hydrogens (tertiary/aromatic N) is 3. The molecule has 1 aliphatic rings.